The number of para-hydroxylation sites is 1. The summed E-state index contributed by atoms with van der Waals surface area (Å²) < 4.78 is 20.4. The molecule has 0 bridgehead atoms. The van der Waals surface area contributed by atoms with Gasteiger partial charge in [-0.25, -0.2) is 4.98 Å². The van der Waals surface area contributed by atoms with Crippen molar-refractivity contribution in [3.05, 3.63) is 76.8 Å². The summed E-state index contributed by atoms with van der Waals surface area (Å²) in [4.78, 5) is 11.9. The second-order valence-corrected chi connectivity index (χ2v) is 10.8. The molecule has 40 heavy (non-hydrogen) atoms. The number of ether oxygens (including phenoxy) is 3. The number of aromatic nitrogens is 3. The number of hydrogen-bond acceptors (Lipinski definition) is 7. The first-order valence-corrected chi connectivity index (χ1v) is 14.6. The fourth-order valence-electron chi connectivity index (χ4n) is 5.72. The molecule has 2 atom stereocenters. The Kier molecular flexibility index (Phi) is 7.82. The fourth-order valence-corrected chi connectivity index (χ4v) is 5.83. The van der Waals surface area contributed by atoms with Crippen LogP contribution in [0.3, 0.4) is 0 Å². The van der Waals surface area contributed by atoms with E-state index in [0.717, 1.165) is 86.1 Å². The molecule has 0 radical (unpaired) electrons. The van der Waals surface area contributed by atoms with Crippen molar-refractivity contribution in [2.45, 2.75) is 64.5 Å². The van der Waals surface area contributed by atoms with Crippen molar-refractivity contribution in [3.63, 3.8) is 0 Å². The summed E-state index contributed by atoms with van der Waals surface area (Å²) in [5, 5.41) is 0.591. The topological polar surface area (TPSA) is 87.7 Å². The van der Waals surface area contributed by atoms with Gasteiger partial charge in [-0.3, -0.25) is 9.88 Å². The molecule has 210 valence electrons. The Hall–Kier alpha value is -3.33. The van der Waals surface area contributed by atoms with Crippen molar-refractivity contribution < 1.29 is 14.2 Å². The molecule has 2 aromatic heterocycles. The summed E-state index contributed by atoms with van der Waals surface area (Å²) in [5.74, 6) is 3.10. The van der Waals surface area contributed by atoms with Crippen molar-refractivity contribution in [1.29, 1.82) is 0 Å². The number of nitrogens with two attached hydrogens (primary N) is 1. The van der Waals surface area contributed by atoms with Crippen molar-refractivity contribution >= 4 is 28.3 Å². The van der Waals surface area contributed by atoms with Crippen LogP contribution in [0.2, 0.25) is 5.02 Å². The Balaban J connectivity index is 0.00000142. The summed E-state index contributed by atoms with van der Waals surface area (Å²) in [6.07, 6.45) is 4.50. The number of halogens is 1. The summed E-state index contributed by atoms with van der Waals surface area (Å²) in [6.45, 7) is 8.45. The van der Waals surface area contributed by atoms with Crippen LogP contribution in [-0.4, -0.2) is 45.2 Å². The minimum Gasteiger partial charge on any atom is -0.445 e. The van der Waals surface area contributed by atoms with Gasteiger partial charge in [0.2, 0.25) is 0 Å². The lowest BCUT2D eigenvalue weighted by molar-refractivity contribution is -0.0592. The van der Waals surface area contributed by atoms with E-state index in [1.165, 1.54) is 5.56 Å². The third-order valence-electron chi connectivity index (χ3n) is 7.88. The standard InChI is InChI=1S/C29H30ClN5O3.C2H6/c30-19-4-6-24(32-15-19)29-37-26-3-1-2-22(28(26)38-29)18-8-11-34(12-9-18)17-27-33-23-7-5-20(31)14-25(23)35(27)16-21-10-13-36-21;1-2/h1-7,14-15,18,21,29H,8-13,16-17,31H2;1-2H3. The van der Waals surface area contributed by atoms with Crippen molar-refractivity contribution in [2.24, 2.45) is 0 Å². The van der Waals surface area contributed by atoms with Gasteiger partial charge < -0.3 is 24.5 Å². The highest BCUT2D eigenvalue weighted by Crippen LogP contribution is 2.47. The molecule has 2 aromatic carbocycles. The number of rotatable bonds is 6. The molecule has 2 N–H and O–H groups in total. The molecule has 7 rings (SSSR count). The second kappa shape index (κ2) is 11.6. The van der Waals surface area contributed by atoms with Crippen LogP contribution in [0.4, 0.5) is 5.69 Å². The zero-order valence-electron chi connectivity index (χ0n) is 23.1. The van der Waals surface area contributed by atoms with Crippen LogP contribution in [0.25, 0.3) is 11.0 Å². The van der Waals surface area contributed by atoms with Crippen LogP contribution >= 0.6 is 11.6 Å². The molecule has 0 spiro atoms. The fraction of sp³-hybridized carbons (Fsp3) is 0.419. The van der Waals surface area contributed by atoms with Crippen LogP contribution < -0.4 is 15.2 Å². The molecule has 0 aliphatic carbocycles. The number of likely N-dealkylation sites (tertiary alicyclic amines) is 1. The van der Waals surface area contributed by atoms with E-state index < -0.39 is 6.29 Å². The van der Waals surface area contributed by atoms with Crippen molar-refractivity contribution in [1.82, 2.24) is 19.4 Å². The average molecular weight is 562 g/mol. The van der Waals surface area contributed by atoms with E-state index in [9.17, 15) is 0 Å². The zero-order valence-corrected chi connectivity index (χ0v) is 23.8. The third kappa shape index (κ3) is 5.36. The minimum absolute atomic E-state index is 0.257. The van der Waals surface area contributed by atoms with Gasteiger partial charge >= 0.3 is 0 Å². The third-order valence-corrected chi connectivity index (χ3v) is 8.11. The zero-order chi connectivity index (χ0) is 27.6. The lowest BCUT2D eigenvalue weighted by Gasteiger charge is -2.33. The van der Waals surface area contributed by atoms with Crippen LogP contribution in [0.5, 0.6) is 11.5 Å². The summed E-state index contributed by atoms with van der Waals surface area (Å²) in [6, 6.07) is 15.8. The molecule has 3 aliphatic heterocycles. The number of anilines is 1. The molecule has 5 heterocycles. The number of imidazole rings is 1. The summed E-state index contributed by atoms with van der Waals surface area (Å²) >= 11 is 6.00. The predicted molar refractivity (Wildman–Crippen MR) is 157 cm³/mol. The molecule has 8 nitrogen and oxygen atoms in total. The Morgan fingerprint density at radius 2 is 1.85 bits per heavy atom. The van der Waals surface area contributed by atoms with Gasteiger partial charge in [0.15, 0.2) is 11.5 Å². The highest BCUT2D eigenvalue weighted by molar-refractivity contribution is 6.30. The average Bonchev–Trinajstić information content (AvgIpc) is 3.54. The number of pyridine rings is 1. The number of hydrogen-bond donors (Lipinski definition) is 1. The molecule has 2 fully saturated rings. The Bertz CT molecular complexity index is 1460. The van der Waals surface area contributed by atoms with Gasteiger partial charge in [0.25, 0.3) is 6.29 Å². The van der Waals surface area contributed by atoms with Gasteiger partial charge in [-0.1, -0.05) is 37.6 Å². The molecule has 2 unspecified atom stereocenters. The molecule has 9 heteroatoms. The molecular weight excluding hydrogens is 526 g/mol. The Morgan fingerprint density at radius 1 is 1.02 bits per heavy atom. The Labute approximate surface area is 240 Å². The maximum absolute atomic E-state index is 6.28. The smallest absolute Gasteiger partial charge is 0.284 e. The van der Waals surface area contributed by atoms with Gasteiger partial charge in [-0.05, 0) is 74.7 Å². The van der Waals surface area contributed by atoms with E-state index >= 15 is 0 Å². The van der Waals surface area contributed by atoms with Gasteiger partial charge in [-0.15, -0.1) is 0 Å². The van der Waals surface area contributed by atoms with Crippen molar-refractivity contribution in [3.8, 4) is 11.5 Å². The van der Waals surface area contributed by atoms with Crippen LogP contribution in [0.15, 0.2) is 54.7 Å². The van der Waals surface area contributed by atoms with Gasteiger partial charge in [0, 0.05) is 24.1 Å². The van der Waals surface area contributed by atoms with Crippen molar-refractivity contribution in [2.75, 3.05) is 25.4 Å². The summed E-state index contributed by atoms with van der Waals surface area (Å²) in [7, 11) is 0. The first-order valence-electron chi connectivity index (χ1n) is 14.3. The van der Waals surface area contributed by atoms with Gasteiger partial charge in [-0.2, -0.15) is 0 Å². The van der Waals surface area contributed by atoms with E-state index in [-0.39, 0.29) is 6.10 Å². The first-order chi connectivity index (χ1) is 19.6. The lowest BCUT2D eigenvalue weighted by atomic mass is 9.88. The predicted octanol–water partition coefficient (Wildman–Crippen LogP) is 6.33. The quantitative estimate of drug-likeness (QED) is 0.275. The monoisotopic (exact) mass is 561 g/mol. The summed E-state index contributed by atoms with van der Waals surface area (Å²) in [5.41, 5.74) is 10.9. The minimum atomic E-state index is -0.551. The van der Waals surface area contributed by atoms with Gasteiger partial charge in [0.05, 0.1) is 35.2 Å². The molecule has 3 aliphatic rings. The number of benzene rings is 2. The highest BCUT2D eigenvalue weighted by atomic mass is 35.5. The number of nitrogens with zero attached hydrogens (tertiary/aromatic N) is 4. The first kappa shape index (κ1) is 26.9. The van der Waals surface area contributed by atoms with E-state index in [0.29, 0.717) is 16.6 Å². The van der Waals surface area contributed by atoms with Crippen LogP contribution in [0.1, 0.15) is 62.4 Å². The van der Waals surface area contributed by atoms with Crippen LogP contribution in [-0.2, 0) is 17.8 Å². The maximum atomic E-state index is 6.28. The number of piperidine rings is 1. The second-order valence-electron chi connectivity index (χ2n) is 10.4. The molecule has 0 saturated carbocycles. The van der Waals surface area contributed by atoms with E-state index in [2.05, 4.69) is 26.6 Å². The SMILES string of the molecule is CC.Nc1ccc2nc(CN3CCC(c4cccc5c4OC(c4ccc(Cl)cn4)O5)CC3)n(CC3CCO3)c2c1. The number of nitrogen functional groups attached to an aromatic ring is 1. The molecule has 2 saturated heterocycles. The van der Waals surface area contributed by atoms with E-state index in [1.807, 2.05) is 44.2 Å². The lowest BCUT2D eigenvalue weighted by Crippen LogP contribution is -2.35. The maximum Gasteiger partial charge on any atom is 0.284 e. The highest BCUT2D eigenvalue weighted by Gasteiger charge is 2.33. The molecular formula is C31H36ClN5O3. The van der Waals surface area contributed by atoms with E-state index in [1.54, 1.807) is 12.3 Å². The Morgan fingerprint density at radius 3 is 2.58 bits per heavy atom. The van der Waals surface area contributed by atoms with E-state index in [4.69, 9.17) is 36.5 Å². The number of fused-ring (bicyclic) bond motifs is 2. The van der Waals surface area contributed by atoms with Gasteiger partial charge in [0.1, 0.15) is 11.5 Å². The largest absolute Gasteiger partial charge is 0.445 e. The van der Waals surface area contributed by atoms with Crippen LogP contribution in [0, 0.1) is 0 Å². The molecule has 4 aromatic rings. The normalized spacial score (nSPS) is 20.7. The molecule has 0 amide bonds.